The van der Waals surface area contributed by atoms with Crippen molar-refractivity contribution in [2.24, 2.45) is 10.7 Å². The van der Waals surface area contributed by atoms with Gasteiger partial charge >= 0.3 is 0 Å². The Labute approximate surface area is 128 Å². The van der Waals surface area contributed by atoms with Crippen LogP contribution in [0, 0.1) is 0 Å². The summed E-state index contributed by atoms with van der Waals surface area (Å²) in [5.41, 5.74) is 6.86. The van der Waals surface area contributed by atoms with Crippen LogP contribution in [0.4, 0.5) is 0 Å². The van der Waals surface area contributed by atoms with Gasteiger partial charge < -0.3 is 5.73 Å². The van der Waals surface area contributed by atoms with Gasteiger partial charge in [-0.1, -0.05) is 48.5 Å². The molecule has 0 fully saturated rings. The molecule has 0 aromatic heterocycles. The van der Waals surface area contributed by atoms with Crippen LogP contribution in [0.5, 0.6) is 0 Å². The van der Waals surface area contributed by atoms with Crippen LogP contribution in [0.1, 0.15) is 15.9 Å². The van der Waals surface area contributed by atoms with E-state index in [9.17, 15) is 9.59 Å². The highest BCUT2D eigenvalue weighted by atomic mass is 16.2. The zero-order valence-electron chi connectivity index (χ0n) is 11.8. The van der Waals surface area contributed by atoms with Crippen molar-refractivity contribution in [2.45, 2.75) is 0 Å². The minimum atomic E-state index is -0.547. The SMILES string of the molecule is N/C(=N\C(=O)/C=C/c1ccccc1)NC(=O)c1ccccc1. The average molecular weight is 293 g/mol. The molecule has 2 aromatic rings. The van der Waals surface area contributed by atoms with Gasteiger partial charge in [-0.2, -0.15) is 4.99 Å². The number of amides is 2. The minimum absolute atomic E-state index is 0.239. The molecule has 2 rings (SSSR count). The number of guanidine groups is 1. The molecule has 0 bridgehead atoms. The van der Waals surface area contributed by atoms with Crippen molar-refractivity contribution >= 4 is 23.8 Å². The maximum absolute atomic E-state index is 11.8. The van der Waals surface area contributed by atoms with E-state index in [0.717, 1.165) is 5.56 Å². The summed E-state index contributed by atoms with van der Waals surface area (Å²) in [5.74, 6) is -1.20. The number of benzene rings is 2. The molecule has 0 atom stereocenters. The van der Waals surface area contributed by atoms with E-state index < -0.39 is 11.8 Å². The first kappa shape index (κ1) is 15.2. The van der Waals surface area contributed by atoms with Crippen molar-refractivity contribution in [1.82, 2.24) is 5.32 Å². The smallest absolute Gasteiger partial charge is 0.272 e. The van der Waals surface area contributed by atoms with E-state index in [4.69, 9.17) is 5.73 Å². The lowest BCUT2D eigenvalue weighted by atomic mass is 10.2. The Morgan fingerprint density at radius 2 is 1.55 bits per heavy atom. The number of carbonyl (C=O) groups is 2. The lowest BCUT2D eigenvalue weighted by molar-refractivity contribution is -0.113. The Hall–Kier alpha value is -3.21. The van der Waals surface area contributed by atoms with Gasteiger partial charge in [0.05, 0.1) is 0 Å². The third kappa shape index (κ3) is 4.72. The highest BCUT2D eigenvalue weighted by Crippen LogP contribution is 2.01. The number of nitrogens with zero attached hydrogens (tertiary/aromatic N) is 1. The number of aliphatic imine (C=N–C) groups is 1. The molecule has 2 aromatic carbocycles. The average Bonchev–Trinajstić information content (AvgIpc) is 2.54. The van der Waals surface area contributed by atoms with Gasteiger partial charge in [0.1, 0.15) is 0 Å². The third-order valence-corrected chi connectivity index (χ3v) is 2.73. The van der Waals surface area contributed by atoms with Gasteiger partial charge in [0.15, 0.2) is 0 Å². The molecule has 0 unspecified atom stereocenters. The van der Waals surface area contributed by atoms with E-state index in [0.29, 0.717) is 5.56 Å². The Kier molecular flexibility index (Phi) is 5.20. The van der Waals surface area contributed by atoms with E-state index in [-0.39, 0.29) is 5.96 Å². The Bertz CT molecular complexity index is 707. The summed E-state index contributed by atoms with van der Waals surface area (Å²) in [6, 6.07) is 17.9. The van der Waals surface area contributed by atoms with Gasteiger partial charge in [-0.3, -0.25) is 14.9 Å². The summed E-state index contributed by atoms with van der Waals surface area (Å²) in [4.78, 5) is 27.0. The van der Waals surface area contributed by atoms with Crippen molar-refractivity contribution in [1.29, 1.82) is 0 Å². The lowest BCUT2D eigenvalue weighted by Gasteiger charge is -2.02. The van der Waals surface area contributed by atoms with Crippen LogP contribution < -0.4 is 11.1 Å². The Morgan fingerprint density at radius 1 is 0.955 bits per heavy atom. The minimum Gasteiger partial charge on any atom is -0.369 e. The molecule has 3 N–H and O–H groups in total. The summed E-state index contributed by atoms with van der Waals surface area (Å²) >= 11 is 0. The molecule has 0 saturated carbocycles. The summed E-state index contributed by atoms with van der Waals surface area (Å²) < 4.78 is 0. The van der Waals surface area contributed by atoms with Gasteiger partial charge in [0, 0.05) is 11.6 Å². The van der Waals surface area contributed by atoms with Crippen LogP contribution in [0.3, 0.4) is 0 Å². The fourth-order valence-corrected chi connectivity index (χ4v) is 1.69. The van der Waals surface area contributed by atoms with E-state index in [2.05, 4.69) is 10.3 Å². The maximum Gasteiger partial charge on any atom is 0.272 e. The zero-order valence-corrected chi connectivity index (χ0v) is 11.8. The summed E-state index contributed by atoms with van der Waals surface area (Å²) in [7, 11) is 0. The first-order valence-electron chi connectivity index (χ1n) is 6.63. The molecule has 2 amide bonds. The van der Waals surface area contributed by atoms with E-state index in [1.54, 1.807) is 36.4 Å². The van der Waals surface area contributed by atoms with Crippen molar-refractivity contribution in [2.75, 3.05) is 0 Å². The topological polar surface area (TPSA) is 84.5 Å². The van der Waals surface area contributed by atoms with Gasteiger partial charge in [-0.25, -0.2) is 0 Å². The predicted molar refractivity (Wildman–Crippen MR) is 86.0 cm³/mol. The van der Waals surface area contributed by atoms with Crippen LogP contribution in [0.2, 0.25) is 0 Å². The first-order valence-corrected chi connectivity index (χ1v) is 6.63. The maximum atomic E-state index is 11.8. The molecular formula is C17H15N3O2. The molecule has 5 heteroatoms. The van der Waals surface area contributed by atoms with Crippen molar-refractivity contribution < 1.29 is 9.59 Å². The Balaban J connectivity index is 1.95. The zero-order chi connectivity index (χ0) is 15.8. The number of rotatable bonds is 3. The molecule has 5 nitrogen and oxygen atoms in total. The predicted octanol–water partition coefficient (Wildman–Crippen LogP) is 1.97. The van der Waals surface area contributed by atoms with E-state index >= 15 is 0 Å². The van der Waals surface area contributed by atoms with E-state index in [1.165, 1.54) is 6.08 Å². The Morgan fingerprint density at radius 3 is 2.18 bits per heavy atom. The lowest BCUT2D eigenvalue weighted by Crippen LogP contribution is -2.37. The number of nitrogens with one attached hydrogen (secondary N) is 1. The highest BCUT2D eigenvalue weighted by molar-refractivity contribution is 6.09. The summed E-state index contributed by atoms with van der Waals surface area (Å²) in [6.45, 7) is 0. The highest BCUT2D eigenvalue weighted by Gasteiger charge is 2.06. The summed E-state index contributed by atoms with van der Waals surface area (Å²) in [6.07, 6.45) is 2.91. The molecule has 0 spiro atoms. The number of carbonyl (C=O) groups excluding carboxylic acids is 2. The fourth-order valence-electron chi connectivity index (χ4n) is 1.69. The molecule has 0 aliphatic rings. The third-order valence-electron chi connectivity index (χ3n) is 2.73. The van der Waals surface area contributed by atoms with Crippen LogP contribution >= 0.6 is 0 Å². The molecule has 0 aliphatic heterocycles. The molecule has 0 heterocycles. The van der Waals surface area contributed by atoms with E-state index in [1.807, 2.05) is 30.3 Å². The monoisotopic (exact) mass is 293 g/mol. The molecule has 22 heavy (non-hydrogen) atoms. The van der Waals surface area contributed by atoms with Crippen molar-refractivity contribution in [3.05, 3.63) is 77.9 Å². The molecule has 0 saturated heterocycles. The molecule has 0 aliphatic carbocycles. The second-order valence-electron chi connectivity index (χ2n) is 4.40. The number of hydrogen-bond donors (Lipinski definition) is 2. The molecule has 0 radical (unpaired) electrons. The summed E-state index contributed by atoms with van der Waals surface area (Å²) in [5, 5.41) is 2.36. The molecule has 110 valence electrons. The van der Waals surface area contributed by atoms with Crippen molar-refractivity contribution in [3.63, 3.8) is 0 Å². The fraction of sp³-hybridized carbons (Fsp3) is 0. The number of hydrogen-bond acceptors (Lipinski definition) is 2. The second-order valence-corrected chi connectivity index (χ2v) is 4.40. The number of nitrogens with two attached hydrogens (primary N) is 1. The van der Waals surface area contributed by atoms with Gasteiger partial charge in [-0.15, -0.1) is 0 Å². The second kappa shape index (κ2) is 7.54. The standard InChI is InChI=1S/C17H15N3O2/c18-17(20-16(22)14-9-5-2-6-10-14)19-15(21)12-11-13-7-3-1-4-8-13/h1-12H,(H3,18,19,20,21,22)/b12-11+. The van der Waals surface area contributed by atoms with Crippen LogP contribution in [0.25, 0.3) is 6.08 Å². The normalized spacial score (nSPS) is 11.4. The van der Waals surface area contributed by atoms with Gasteiger partial charge in [0.25, 0.3) is 11.8 Å². The van der Waals surface area contributed by atoms with Crippen LogP contribution in [-0.4, -0.2) is 17.8 Å². The first-order chi connectivity index (χ1) is 10.6. The van der Waals surface area contributed by atoms with Gasteiger partial charge in [-0.05, 0) is 23.8 Å². The van der Waals surface area contributed by atoms with Crippen molar-refractivity contribution in [3.8, 4) is 0 Å². The molecular weight excluding hydrogens is 278 g/mol. The van der Waals surface area contributed by atoms with Crippen LogP contribution in [0.15, 0.2) is 71.7 Å². The van der Waals surface area contributed by atoms with Crippen LogP contribution in [-0.2, 0) is 4.79 Å². The largest absolute Gasteiger partial charge is 0.369 e. The quantitative estimate of drug-likeness (QED) is 0.515. The van der Waals surface area contributed by atoms with Gasteiger partial charge in [0.2, 0.25) is 5.96 Å².